The number of amides is 1. The molecule has 0 saturated heterocycles. The number of benzene rings is 1. The van der Waals surface area contributed by atoms with E-state index in [2.05, 4.69) is 5.32 Å². The Hall–Kier alpha value is -1.55. The van der Waals surface area contributed by atoms with Gasteiger partial charge in [0.2, 0.25) is 5.91 Å². The maximum atomic E-state index is 11.8. The maximum Gasteiger partial charge on any atom is 0.220 e. The lowest BCUT2D eigenvalue weighted by atomic mass is 10.1. The SMILES string of the molecule is COc1cccc([C@@H](C)NC(=O)CCCC(C)N)c1. The average molecular weight is 264 g/mol. The molecule has 3 N–H and O–H groups in total. The Kier molecular flexibility index (Phi) is 6.36. The van der Waals surface area contributed by atoms with Gasteiger partial charge in [0.15, 0.2) is 0 Å². The Labute approximate surface area is 115 Å². The molecular weight excluding hydrogens is 240 g/mol. The highest BCUT2D eigenvalue weighted by Crippen LogP contribution is 2.18. The summed E-state index contributed by atoms with van der Waals surface area (Å²) in [6.45, 7) is 3.93. The molecule has 1 amide bonds. The van der Waals surface area contributed by atoms with Crippen molar-refractivity contribution in [1.29, 1.82) is 0 Å². The molecule has 1 aromatic rings. The van der Waals surface area contributed by atoms with Crippen LogP contribution in [0.2, 0.25) is 0 Å². The number of carbonyl (C=O) groups is 1. The number of rotatable bonds is 7. The monoisotopic (exact) mass is 264 g/mol. The van der Waals surface area contributed by atoms with Crippen molar-refractivity contribution in [3.05, 3.63) is 29.8 Å². The largest absolute Gasteiger partial charge is 0.497 e. The van der Waals surface area contributed by atoms with Crippen LogP contribution in [-0.4, -0.2) is 19.1 Å². The second kappa shape index (κ2) is 7.79. The summed E-state index contributed by atoms with van der Waals surface area (Å²) in [5.74, 6) is 0.867. The third-order valence-corrected chi connectivity index (χ3v) is 3.03. The van der Waals surface area contributed by atoms with Crippen LogP contribution in [0, 0.1) is 0 Å². The van der Waals surface area contributed by atoms with Gasteiger partial charge < -0.3 is 15.8 Å². The molecule has 0 aromatic heterocycles. The van der Waals surface area contributed by atoms with E-state index in [4.69, 9.17) is 10.5 Å². The highest BCUT2D eigenvalue weighted by molar-refractivity contribution is 5.76. The molecule has 2 atom stereocenters. The first-order valence-electron chi connectivity index (χ1n) is 6.72. The minimum Gasteiger partial charge on any atom is -0.497 e. The number of nitrogens with two attached hydrogens (primary N) is 1. The fourth-order valence-corrected chi connectivity index (χ4v) is 1.89. The van der Waals surface area contributed by atoms with E-state index in [9.17, 15) is 4.79 Å². The van der Waals surface area contributed by atoms with Gasteiger partial charge in [-0.1, -0.05) is 12.1 Å². The van der Waals surface area contributed by atoms with Crippen LogP contribution in [0.5, 0.6) is 5.75 Å². The Bertz CT molecular complexity index is 405. The van der Waals surface area contributed by atoms with Gasteiger partial charge in [-0.3, -0.25) is 4.79 Å². The molecule has 0 aliphatic carbocycles. The molecule has 0 fully saturated rings. The minimum absolute atomic E-state index is 0.0158. The Morgan fingerprint density at radius 1 is 1.42 bits per heavy atom. The van der Waals surface area contributed by atoms with Crippen molar-refractivity contribution in [2.24, 2.45) is 5.73 Å². The number of methoxy groups -OCH3 is 1. The van der Waals surface area contributed by atoms with Crippen LogP contribution in [0.25, 0.3) is 0 Å². The topological polar surface area (TPSA) is 64.3 Å². The van der Waals surface area contributed by atoms with Crippen molar-refractivity contribution < 1.29 is 9.53 Å². The van der Waals surface area contributed by atoms with Gasteiger partial charge in [-0.25, -0.2) is 0 Å². The van der Waals surface area contributed by atoms with Crippen molar-refractivity contribution in [3.63, 3.8) is 0 Å². The van der Waals surface area contributed by atoms with Crippen LogP contribution in [0.3, 0.4) is 0 Å². The lowest BCUT2D eigenvalue weighted by molar-refractivity contribution is -0.121. The van der Waals surface area contributed by atoms with Gasteiger partial charge in [-0.2, -0.15) is 0 Å². The number of nitrogens with one attached hydrogen (secondary N) is 1. The molecule has 1 rings (SSSR count). The van der Waals surface area contributed by atoms with E-state index in [1.165, 1.54) is 0 Å². The van der Waals surface area contributed by atoms with Gasteiger partial charge >= 0.3 is 0 Å². The third-order valence-electron chi connectivity index (χ3n) is 3.03. The maximum absolute atomic E-state index is 11.8. The van der Waals surface area contributed by atoms with E-state index in [-0.39, 0.29) is 18.0 Å². The lowest BCUT2D eigenvalue weighted by Crippen LogP contribution is -2.26. The van der Waals surface area contributed by atoms with Gasteiger partial charge in [0.25, 0.3) is 0 Å². The van der Waals surface area contributed by atoms with Crippen LogP contribution in [0.4, 0.5) is 0 Å². The van der Waals surface area contributed by atoms with E-state index in [1.54, 1.807) is 7.11 Å². The molecule has 4 heteroatoms. The second-order valence-corrected chi connectivity index (χ2v) is 4.94. The summed E-state index contributed by atoms with van der Waals surface area (Å²) in [5.41, 5.74) is 6.70. The first-order valence-corrected chi connectivity index (χ1v) is 6.72. The smallest absolute Gasteiger partial charge is 0.220 e. The number of hydrogen-bond donors (Lipinski definition) is 2. The highest BCUT2D eigenvalue weighted by Gasteiger charge is 2.10. The number of ether oxygens (including phenoxy) is 1. The van der Waals surface area contributed by atoms with Gasteiger partial charge in [0.05, 0.1) is 13.2 Å². The average Bonchev–Trinajstić information content (AvgIpc) is 2.38. The normalized spacial score (nSPS) is 13.7. The molecule has 0 saturated carbocycles. The third kappa shape index (κ3) is 5.75. The summed E-state index contributed by atoms with van der Waals surface area (Å²) < 4.78 is 5.17. The summed E-state index contributed by atoms with van der Waals surface area (Å²) in [6, 6.07) is 7.87. The summed E-state index contributed by atoms with van der Waals surface area (Å²) in [7, 11) is 1.64. The summed E-state index contributed by atoms with van der Waals surface area (Å²) in [4.78, 5) is 11.8. The highest BCUT2D eigenvalue weighted by atomic mass is 16.5. The van der Waals surface area contributed by atoms with Gasteiger partial charge in [0.1, 0.15) is 5.75 Å². The zero-order valence-corrected chi connectivity index (χ0v) is 12.0. The van der Waals surface area contributed by atoms with Crippen molar-refractivity contribution in [1.82, 2.24) is 5.32 Å². The fourth-order valence-electron chi connectivity index (χ4n) is 1.89. The zero-order valence-electron chi connectivity index (χ0n) is 12.0. The van der Waals surface area contributed by atoms with E-state index in [0.717, 1.165) is 24.2 Å². The molecule has 0 aliphatic heterocycles. The minimum atomic E-state index is -0.0158. The molecule has 0 radical (unpaired) electrons. The molecule has 4 nitrogen and oxygen atoms in total. The molecule has 0 spiro atoms. The first-order chi connectivity index (χ1) is 9.02. The zero-order chi connectivity index (χ0) is 14.3. The Morgan fingerprint density at radius 3 is 2.79 bits per heavy atom. The fraction of sp³-hybridized carbons (Fsp3) is 0.533. The number of hydrogen-bond acceptors (Lipinski definition) is 3. The Morgan fingerprint density at radius 2 is 2.16 bits per heavy atom. The van der Waals surface area contributed by atoms with Crippen molar-refractivity contribution in [3.8, 4) is 5.75 Å². The summed E-state index contributed by atoms with van der Waals surface area (Å²) >= 11 is 0. The molecular formula is C15H24N2O2. The second-order valence-electron chi connectivity index (χ2n) is 4.94. The molecule has 1 aromatic carbocycles. The molecule has 19 heavy (non-hydrogen) atoms. The molecule has 1 unspecified atom stereocenters. The lowest BCUT2D eigenvalue weighted by Gasteiger charge is -2.15. The van der Waals surface area contributed by atoms with Gasteiger partial charge in [-0.15, -0.1) is 0 Å². The summed E-state index contributed by atoms with van der Waals surface area (Å²) in [6.07, 6.45) is 2.23. The van der Waals surface area contributed by atoms with E-state index >= 15 is 0 Å². The van der Waals surface area contributed by atoms with Crippen LogP contribution < -0.4 is 15.8 Å². The molecule has 0 heterocycles. The molecule has 0 bridgehead atoms. The standard InChI is InChI=1S/C15H24N2O2/c1-11(16)6-4-9-15(18)17-12(2)13-7-5-8-14(10-13)19-3/h5,7-8,10-12H,4,6,9,16H2,1-3H3,(H,17,18)/t11?,12-/m1/s1. The quantitative estimate of drug-likeness (QED) is 0.794. The van der Waals surface area contributed by atoms with E-state index in [1.807, 2.05) is 38.1 Å². The van der Waals surface area contributed by atoms with Crippen LogP contribution in [0.1, 0.15) is 44.7 Å². The van der Waals surface area contributed by atoms with Crippen LogP contribution in [0.15, 0.2) is 24.3 Å². The van der Waals surface area contributed by atoms with E-state index in [0.29, 0.717) is 6.42 Å². The molecule has 106 valence electrons. The number of carbonyl (C=O) groups excluding carboxylic acids is 1. The van der Waals surface area contributed by atoms with Crippen molar-refractivity contribution in [2.45, 2.75) is 45.2 Å². The van der Waals surface area contributed by atoms with Crippen LogP contribution >= 0.6 is 0 Å². The van der Waals surface area contributed by atoms with Crippen LogP contribution in [-0.2, 0) is 4.79 Å². The predicted molar refractivity (Wildman–Crippen MR) is 77.1 cm³/mol. The van der Waals surface area contributed by atoms with Gasteiger partial charge in [0, 0.05) is 12.5 Å². The molecule has 0 aliphatic rings. The summed E-state index contributed by atoms with van der Waals surface area (Å²) in [5, 5.41) is 2.99. The van der Waals surface area contributed by atoms with Crippen molar-refractivity contribution >= 4 is 5.91 Å². The predicted octanol–water partition coefficient (Wildman–Crippen LogP) is 2.39. The first kappa shape index (κ1) is 15.5. The van der Waals surface area contributed by atoms with E-state index < -0.39 is 0 Å². The van der Waals surface area contributed by atoms with Gasteiger partial charge in [-0.05, 0) is 44.4 Å². The Balaban J connectivity index is 2.44. The van der Waals surface area contributed by atoms with Crippen molar-refractivity contribution in [2.75, 3.05) is 7.11 Å².